The minimum absolute atomic E-state index is 0.0752. The fraction of sp³-hybridized carbons (Fsp3) is 0.500. The number of likely N-dealkylation sites (tertiary alicyclic amines) is 1. The first-order valence-corrected chi connectivity index (χ1v) is 11.6. The Balaban J connectivity index is 1.31. The topological polar surface area (TPSA) is 88.5 Å². The smallest absolute Gasteiger partial charge is 0.341 e. The first-order valence-electron chi connectivity index (χ1n) is 11.6. The normalized spacial score (nSPS) is 28.1. The molecule has 3 heterocycles. The molecule has 33 heavy (non-hydrogen) atoms. The van der Waals surface area contributed by atoms with Crippen molar-refractivity contribution < 1.29 is 29.2 Å². The summed E-state index contributed by atoms with van der Waals surface area (Å²) in [5.41, 5.74) is 1.50. The predicted molar refractivity (Wildman–Crippen MR) is 121 cm³/mol. The van der Waals surface area contributed by atoms with Crippen molar-refractivity contribution in [1.82, 2.24) is 4.90 Å². The van der Waals surface area contributed by atoms with Gasteiger partial charge >= 0.3 is 5.97 Å². The van der Waals surface area contributed by atoms with E-state index in [-0.39, 0.29) is 30.5 Å². The number of para-hydroxylation sites is 2. The van der Waals surface area contributed by atoms with Gasteiger partial charge in [-0.3, -0.25) is 4.90 Å². The first kappa shape index (κ1) is 22.0. The molecule has 0 saturated carbocycles. The van der Waals surface area contributed by atoms with Gasteiger partial charge in [0.2, 0.25) is 0 Å². The van der Waals surface area contributed by atoms with Crippen LogP contribution in [0.1, 0.15) is 43.9 Å². The highest BCUT2D eigenvalue weighted by atomic mass is 16.5. The number of carbonyl (C=O) groups is 1. The van der Waals surface area contributed by atoms with Crippen LogP contribution in [0, 0.1) is 11.8 Å². The van der Waals surface area contributed by atoms with Gasteiger partial charge in [-0.2, -0.15) is 0 Å². The molecule has 5 rings (SSSR count). The van der Waals surface area contributed by atoms with E-state index in [4.69, 9.17) is 19.3 Å². The van der Waals surface area contributed by atoms with Crippen LogP contribution in [0.3, 0.4) is 0 Å². The van der Waals surface area contributed by atoms with Gasteiger partial charge in [-0.25, -0.2) is 4.79 Å². The number of aromatic hydroxyl groups is 1. The number of piperidine rings is 1. The maximum atomic E-state index is 10.9. The summed E-state index contributed by atoms with van der Waals surface area (Å²) in [5, 5.41) is 19.3. The molecule has 7 nitrogen and oxygen atoms in total. The SMILES string of the molecule is CC1(C)Oc2c(O)cccc2[C@@H]2O[C@@H]3CCN(Cc4ccccc4OCC(=O)O)C[C@H]3C[C@H]21. The van der Waals surface area contributed by atoms with Crippen molar-refractivity contribution >= 4 is 5.97 Å². The maximum Gasteiger partial charge on any atom is 0.341 e. The van der Waals surface area contributed by atoms with E-state index < -0.39 is 11.6 Å². The fourth-order valence-corrected chi connectivity index (χ4v) is 5.68. The molecule has 0 spiro atoms. The van der Waals surface area contributed by atoms with Crippen LogP contribution >= 0.6 is 0 Å². The van der Waals surface area contributed by atoms with Crippen LogP contribution in [0.2, 0.25) is 0 Å². The Hall–Kier alpha value is -2.77. The minimum atomic E-state index is -0.980. The summed E-state index contributed by atoms with van der Waals surface area (Å²) in [4.78, 5) is 13.3. The van der Waals surface area contributed by atoms with E-state index in [1.165, 1.54) is 0 Å². The van der Waals surface area contributed by atoms with Crippen LogP contribution in [0.5, 0.6) is 17.2 Å². The quantitative estimate of drug-likeness (QED) is 0.708. The highest BCUT2D eigenvalue weighted by Gasteiger charge is 2.51. The zero-order valence-electron chi connectivity index (χ0n) is 19.1. The van der Waals surface area contributed by atoms with E-state index >= 15 is 0 Å². The van der Waals surface area contributed by atoms with E-state index in [0.29, 0.717) is 24.0 Å². The van der Waals surface area contributed by atoms with Gasteiger partial charge in [0.15, 0.2) is 18.1 Å². The zero-order valence-corrected chi connectivity index (χ0v) is 19.1. The summed E-state index contributed by atoms with van der Waals surface area (Å²) in [5.74, 6) is 0.945. The Kier molecular flexibility index (Phi) is 5.70. The monoisotopic (exact) mass is 453 g/mol. The number of carboxylic acids is 1. The molecule has 176 valence electrons. The summed E-state index contributed by atoms with van der Waals surface area (Å²) in [6, 6.07) is 13.2. The number of phenols is 1. The molecular weight excluding hydrogens is 422 g/mol. The van der Waals surface area contributed by atoms with Crippen molar-refractivity contribution in [2.45, 2.75) is 51.0 Å². The molecule has 2 aromatic rings. The number of fused-ring (bicyclic) bond motifs is 4. The molecule has 0 radical (unpaired) electrons. The van der Waals surface area contributed by atoms with Crippen LogP contribution < -0.4 is 9.47 Å². The summed E-state index contributed by atoms with van der Waals surface area (Å²) in [6.45, 7) is 6.35. The number of nitrogens with zero attached hydrogens (tertiary/aromatic N) is 1. The molecule has 7 heteroatoms. The van der Waals surface area contributed by atoms with Gasteiger partial charge in [-0.05, 0) is 44.7 Å². The van der Waals surface area contributed by atoms with E-state index in [1.54, 1.807) is 6.07 Å². The van der Waals surface area contributed by atoms with Crippen molar-refractivity contribution in [2.24, 2.45) is 11.8 Å². The molecule has 0 aromatic heterocycles. The van der Waals surface area contributed by atoms with Crippen LogP contribution in [0.15, 0.2) is 42.5 Å². The number of hydrogen-bond acceptors (Lipinski definition) is 6. The van der Waals surface area contributed by atoms with E-state index in [2.05, 4.69) is 18.7 Å². The number of carboxylic acid groups (broad SMARTS) is 1. The molecule has 4 atom stereocenters. The number of phenolic OH excluding ortho intramolecular Hbond substituents is 1. The standard InChI is InChI=1S/C26H31NO6/c1-26(2)19-12-17-14-27(13-16-6-3-4-9-21(16)31-15-23(29)30)11-10-22(17)32-24(19)18-7-5-8-20(28)25(18)33-26/h3-9,17,19,22,24,28H,10-15H2,1-2H3,(H,29,30)/t17-,19-,22-,24+/m1/s1. The molecule has 0 bridgehead atoms. The lowest BCUT2D eigenvalue weighted by Gasteiger charge is -2.53. The van der Waals surface area contributed by atoms with Crippen LogP contribution in [0.25, 0.3) is 0 Å². The van der Waals surface area contributed by atoms with Crippen molar-refractivity contribution in [3.8, 4) is 17.2 Å². The predicted octanol–water partition coefficient (Wildman–Crippen LogP) is 3.99. The lowest BCUT2D eigenvalue weighted by Crippen LogP contribution is -2.55. The molecule has 2 N–H and O–H groups in total. The Morgan fingerprint density at radius 3 is 2.85 bits per heavy atom. The summed E-state index contributed by atoms with van der Waals surface area (Å²) >= 11 is 0. The van der Waals surface area contributed by atoms with Gasteiger partial charge in [0, 0.05) is 36.7 Å². The Bertz CT molecular complexity index is 1040. The maximum absolute atomic E-state index is 10.9. The third-order valence-corrected chi connectivity index (χ3v) is 7.30. The van der Waals surface area contributed by atoms with E-state index in [9.17, 15) is 9.90 Å². The lowest BCUT2D eigenvalue weighted by atomic mass is 9.70. The van der Waals surface area contributed by atoms with Gasteiger partial charge in [0.05, 0.1) is 12.2 Å². The molecule has 0 unspecified atom stereocenters. The highest BCUT2D eigenvalue weighted by Crippen LogP contribution is 2.54. The van der Waals surface area contributed by atoms with Crippen molar-refractivity contribution in [1.29, 1.82) is 0 Å². The fourth-order valence-electron chi connectivity index (χ4n) is 5.68. The Morgan fingerprint density at radius 2 is 2.03 bits per heavy atom. The molecule has 2 fully saturated rings. The zero-order chi connectivity index (χ0) is 23.2. The Morgan fingerprint density at radius 1 is 1.21 bits per heavy atom. The largest absolute Gasteiger partial charge is 0.504 e. The van der Waals surface area contributed by atoms with Crippen LogP contribution in [-0.2, 0) is 16.1 Å². The molecule has 3 aliphatic rings. The third-order valence-electron chi connectivity index (χ3n) is 7.30. The van der Waals surface area contributed by atoms with Crippen LogP contribution in [-0.4, -0.2) is 52.5 Å². The average molecular weight is 454 g/mol. The van der Waals surface area contributed by atoms with Crippen molar-refractivity contribution in [3.05, 3.63) is 53.6 Å². The number of hydrogen-bond donors (Lipinski definition) is 2. The Labute approximate surface area is 193 Å². The van der Waals surface area contributed by atoms with Crippen LogP contribution in [0.4, 0.5) is 0 Å². The molecule has 3 aliphatic heterocycles. The second-order valence-electron chi connectivity index (χ2n) is 9.91. The molecule has 0 aliphatic carbocycles. The van der Waals surface area contributed by atoms with Crippen molar-refractivity contribution in [2.75, 3.05) is 19.7 Å². The number of aliphatic carboxylic acids is 1. The van der Waals surface area contributed by atoms with Crippen molar-refractivity contribution in [3.63, 3.8) is 0 Å². The molecule has 2 saturated heterocycles. The van der Waals surface area contributed by atoms with Gasteiger partial charge in [0.1, 0.15) is 11.4 Å². The lowest BCUT2D eigenvalue weighted by molar-refractivity contribution is -0.188. The minimum Gasteiger partial charge on any atom is -0.504 e. The van der Waals surface area contributed by atoms with Gasteiger partial charge in [0.25, 0.3) is 0 Å². The van der Waals surface area contributed by atoms with E-state index in [1.807, 2.05) is 36.4 Å². The van der Waals surface area contributed by atoms with Gasteiger partial charge in [-0.1, -0.05) is 30.3 Å². The number of ether oxygens (including phenoxy) is 3. The van der Waals surface area contributed by atoms with E-state index in [0.717, 1.165) is 37.1 Å². The molecule has 0 amide bonds. The summed E-state index contributed by atoms with van der Waals surface area (Å²) in [7, 11) is 0. The summed E-state index contributed by atoms with van der Waals surface area (Å²) < 4.78 is 18.5. The average Bonchev–Trinajstić information content (AvgIpc) is 2.78. The molecular formula is C26H31NO6. The third kappa shape index (κ3) is 4.27. The first-order chi connectivity index (χ1) is 15.8. The molecule has 2 aromatic carbocycles. The second kappa shape index (κ2) is 8.54. The number of rotatable bonds is 5. The van der Waals surface area contributed by atoms with Gasteiger partial charge in [-0.15, -0.1) is 0 Å². The highest BCUT2D eigenvalue weighted by molar-refractivity contribution is 5.68. The number of benzene rings is 2. The van der Waals surface area contributed by atoms with Gasteiger partial charge < -0.3 is 24.4 Å². The second-order valence-corrected chi connectivity index (χ2v) is 9.91. The summed E-state index contributed by atoms with van der Waals surface area (Å²) in [6.07, 6.45) is 2.02.